The van der Waals surface area contributed by atoms with E-state index in [0.717, 1.165) is 0 Å². The van der Waals surface area contributed by atoms with Crippen LogP contribution < -0.4 is 0 Å². The summed E-state index contributed by atoms with van der Waals surface area (Å²) in [5.41, 5.74) is 0. The average Bonchev–Trinajstić information content (AvgIpc) is 2.06. The van der Waals surface area contributed by atoms with Crippen molar-refractivity contribution < 1.29 is 23.1 Å². The summed E-state index contributed by atoms with van der Waals surface area (Å²) in [5.74, 6) is 0. The lowest BCUT2D eigenvalue weighted by Crippen LogP contribution is -2.22. The highest BCUT2D eigenvalue weighted by atomic mass is 19.1. The van der Waals surface area contributed by atoms with Crippen molar-refractivity contribution in [3.05, 3.63) is 0 Å². The zero-order valence-corrected chi connectivity index (χ0v) is 6.80. The average molecular weight is 181 g/mol. The topological polar surface area (TPSA) is 38.4 Å². The third kappa shape index (κ3) is 7.91. The minimum Gasteiger partial charge on any atom is -0.384 e. The second kappa shape index (κ2) is 8.90. The monoisotopic (exact) mass is 181 g/mol. The minimum absolute atomic E-state index is 0.0420. The van der Waals surface area contributed by atoms with E-state index in [-0.39, 0.29) is 26.1 Å². The maximum atomic E-state index is 11.5. The van der Waals surface area contributed by atoms with E-state index in [9.17, 15) is 13.8 Å². The van der Waals surface area contributed by atoms with Gasteiger partial charge in [-0.25, -0.2) is 5.02 Å². The quantitative estimate of drug-likeness (QED) is 0.416. The Bertz CT molecular complexity index is 86.9. The molecule has 0 bridgehead atoms. The van der Waals surface area contributed by atoms with E-state index in [2.05, 4.69) is 9.31 Å². The second-order valence-corrected chi connectivity index (χ2v) is 2.12. The van der Waals surface area contributed by atoms with Crippen LogP contribution in [0.4, 0.5) is 8.78 Å². The molecule has 0 heterocycles. The zero-order valence-electron chi connectivity index (χ0n) is 6.80. The molecule has 0 aromatic rings. The molecule has 0 rings (SSSR count). The van der Waals surface area contributed by atoms with Crippen molar-refractivity contribution in [1.82, 2.24) is 0 Å². The molecule has 1 radical (unpaired) electrons. The summed E-state index contributed by atoms with van der Waals surface area (Å²) in [6, 6.07) is 0. The molecule has 0 aromatic carbocycles. The molecule has 0 aromatic heterocycles. The Kier molecular flexibility index (Phi) is 8.75. The van der Waals surface area contributed by atoms with Crippen LogP contribution in [0.15, 0.2) is 0 Å². The second-order valence-electron chi connectivity index (χ2n) is 2.12. The molecule has 0 aliphatic rings. The highest BCUT2D eigenvalue weighted by Crippen LogP contribution is 1.91. The molecular weight excluding hydrogens is 169 g/mol. The Balaban J connectivity index is 3.04. The maximum absolute atomic E-state index is 11.5. The van der Waals surface area contributed by atoms with Crippen LogP contribution in [0.5, 0.6) is 0 Å². The summed E-state index contributed by atoms with van der Waals surface area (Å²) in [5, 5.41) is 10.6. The van der Waals surface area contributed by atoms with Gasteiger partial charge in [-0.2, -0.15) is 0 Å². The SMILES string of the molecule is [O]B(OCCCF)OCCCF. The van der Waals surface area contributed by atoms with E-state index in [4.69, 9.17) is 0 Å². The molecule has 0 saturated heterocycles. The van der Waals surface area contributed by atoms with Crippen molar-refractivity contribution in [2.45, 2.75) is 12.8 Å². The van der Waals surface area contributed by atoms with E-state index in [1.807, 2.05) is 0 Å². The first kappa shape index (κ1) is 11.8. The summed E-state index contributed by atoms with van der Waals surface area (Å²) < 4.78 is 31.9. The minimum atomic E-state index is -1.61. The molecule has 0 aliphatic heterocycles. The normalized spacial score (nSPS) is 10.2. The van der Waals surface area contributed by atoms with Crippen molar-refractivity contribution in [2.75, 3.05) is 26.6 Å². The maximum Gasteiger partial charge on any atom is 0.666 e. The van der Waals surface area contributed by atoms with Gasteiger partial charge < -0.3 is 9.31 Å². The molecule has 0 atom stereocenters. The number of hydrogen-bond donors (Lipinski definition) is 0. The molecule has 0 amide bonds. The molecule has 0 N–H and O–H groups in total. The molecular formula is C6H12BF2O3. The molecule has 12 heavy (non-hydrogen) atoms. The van der Waals surface area contributed by atoms with Gasteiger partial charge in [-0.15, -0.1) is 0 Å². The Morgan fingerprint density at radius 2 is 1.42 bits per heavy atom. The lowest BCUT2D eigenvalue weighted by atomic mass is 10.2. The Labute approximate surface area is 70.8 Å². The largest absolute Gasteiger partial charge is 0.666 e. The fourth-order valence-corrected chi connectivity index (χ4v) is 0.516. The summed E-state index contributed by atoms with van der Waals surface area (Å²) in [7, 11) is -1.61. The number of halogens is 2. The molecule has 0 aliphatic carbocycles. The lowest BCUT2D eigenvalue weighted by molar-refractivity contribution is 0.103. The highest BCUT2D eigenvalue weighted by Gasteiger charge is 2.16. The Morgan fingerprint density at radius 3 is 1.75 bits per heavy atom. The molecule has 0 spiro atoms. The molecule has 6 heteroatoms. The van der Waals surface area contributed by atoms with Crippen molar-refractivity contribution in [2.24, 2.45) is 0 Å². The van der Waals surface area contributed by atoms with Crippen molar-refractivity contribution in [3.8, 4) is 0 Å². The van der Waals surface area contributed by atoms with Gasteiger partial charge in [0.1, 0.15) is 0 Å². The van der Waals surface area contributed by atoms with Crippen molar-refractivity contribution >= 4 is 7.32 Å². The first-order valence-corrected chi connectivity index (χ1v) is 3.82. The van der Waals surface area contributed by atoms with Crippen molar-refractivity contribution in [3.63, 3.8) is 0 Å². The number of rotatable bonds is 8. The van der Waals surface area contributed by atoms with E-state index in [0.29, 0.717) is 0 Å². The van der Waals surface area contributed by atoms with Gasteiger partial charge in [0.15, 0.2) is 0 Å². The first-order chi connectivity index (χ1) is 5.81. The van der Waals surface area contributed by atoms with Crippen LogP contribution >= 0.6 is 0 Å². The summed E-state index contributed by atoms with van der Waals surface area (Å²) in [6.07, 6.45) is 0.371. The summed E-state index contributed by atoms with van der Waals surface area (Å²) >= 11 is 0. The molecule has 0 fully saturated rings. The van der Waals surface area contributed by atoms with Gasteiger partial charge >= 0.3 is 7.32 Å². The van der Waals surface area contributed by atoms with Crippen LogP contribution in [0, 0.1) is 0 Å². The third-order valence-corrected chi connectivity index (χ3v) is 1.06. The smallest absolute Gasteiger partial charge is 0.384 e. The standard InChI is InChI=1S/C6H12BF2O3/c8-3-1-5-11-7(10)12-6-2-4-9/h1-6H2. The summed E-state index contributed by atoms with van der Waals surface area (Å²) in [4.78, 5) is 0. The van der Waals surface area contributed by atoms with Gasteiger partial charge in [0, 0.05) is 13.2 Å². The van der Waals surface area contributed by atoms with Gasteiger partial charge in [-0.05, 0) is 12.8 Å². The van der Waals surface area contributed by atoms with Crippen LogP contribution in [-0.4, -0.2) is 33.9 Å². The van der Waals surface area contributed by atoms with Gasteiger partial charge in [-0.3, -0.25) is 8.78 Å². The van der Waals surface area contributed by atoms with E-state index in [1.165, 1.54) is 0 Å². The van der Waals surface area contributed by atoms with E-state index >= 15 is 0 Å². The molecule has 0 unspecified atom stereocenters. The fraction of sp³-hybridized carbons (Fsp3) is 1.00. The molecule has 3 nitrogen and oxygen atoms in total. The van der Waals surface area contributed by atoms with Crippen LogP contribution in [0.25, 0.3) is 0 Å². The van der Waals surface area contributed by atoms with Gasteiger partial charge in [-0.1, -0.05) is 0 Å². The van der Waals surface area contributed by atoms with Gasteiger partial charge in [0.05, 0.1) is 13.3 Å². The van der Waals surface area contributed by atoms with E-state index < -0.39 is 20.7 Å². The van der Waals surface area contributed by atoms with Crippen molar-refractivity contribution in [1.29, 1.82) is 0 Å². The zero-order chi connectivity index (χ0) is 9.23. The molecule has 71 valence electrons. The van der Waals surface area contributed by atoms with Crippen LogP contribution in [0.2, 0.25) is 0 Å². The third-order valence-electron chi connectivity index (χ3n) is 1.06. The van der Waals surface area contributed by atoms with Crippen LogP contribution in [0.1, 0.15) is 12.8 Å². The predicted octanol–water partition coefficient (Wildman–Crippen LogP) is 1.15. The highest BCUT2D eigenvalue weighted by molar-refractivity contribution is 6.34. The first-order valence-electron chi connectivity index (χ1n) is 3.82. The summed E-state index contributed by atoms with van der Waals surface area (Å²) in [6.45, 7) is -0.949. The van der Waals surface area contributed by atoms with Crippen LogP contribution in [0.3, 0.4) is 0 Å². The van der Waals surface area contributed by atoms with Gasteiger partial charge in [0.25, 0.3) is 0 Å². The van der Waals surface area contributed by atoms with Crippen LogP contribution in [-0.2, 0) is 14.3 Å². The fourth-order valence-electron chi connectivity index (χ4n) is 0.516. The molecule has 0 saturated carbocycles. The van der Waals surface area contributed by atoms with Gasteiger partial charge in [0.2, 0.25) is 0 Å². The lowest BCUT2D eigenvalue weighted by Gasteiger charge is -2.04. The number of alkyl halides is 2. The predicted molar refractivity (Wildman–Crippen MR) is 39.5 cm³/mol. The number of hydrogen-bond acceptors (Lipinski definition) is 2. The Morgan fingerprint density at radius 1 is 1.00 bits per heavy atom. The Hall–Kier alpha value is -0.195. The van der Waals surface area contributed by atoms with E-state index in [1.54, 1.807) is 0 Å².